The average Bonchev–Trinajstić information content (AvgIpc) is 2.49. The molecule has 0 saturated heterocycles. The summed E-state index contributed by atoms with van der Waals surface area (Å²) in [6.07, 6.45) is -0.232. The molecule has 2 atom stereocenters. The summed E-state index contributed by atoms with van der Waals surface area (Å²) in [6.45, 7) is 0. The SMILES string of the molecule is O/C(=C\C(O)c1ccccc1)CC(O)c1ccccc1. The van der Waals surface area contributed by atoms with Gasteiger partial charge in [-0.15, -0.1) is 0 Å². The highest BCUT2D eigenvalue weighted by molar-refractivity contribution is 5.23. The highest BCUT2D eigenvalue weighted by Crippen LogP contribution is 2.22. The van der Waals surface area contributed by atoms with Crippen LogP contribution in [0.5, 0.6) is 0 Å². The van der Waals surface area contributed by atoms with E-state index in [1.807, 2.05) is 36.4 Å². The topological polar surface area (TPSA) is 60.7 Å². The van der Waals surface area contributed by atoms with Crippen molar-refractivity contribution in [2.75, 3.05) is 0 Å². The zero-order valence-corrected chi connectivity index (χ0v) is 11.1. The lowest BCUT2D eigenvalue weighted by Gasteiger charge is -2.12. The zero-order valence-electron chi connectivity index (χ0n) is 11.1. The molecule has 0 aromatic heterocycles. The van der Waals surface area contributed by atoms with Gasteiger partial charge in [-0.2, -0.15) is 0 Å². The largest absolute Gasteiger partial charge is 0.512 e. The number of hydrogen-bond donors (Lipinski definition) is 3. The molecule has 0 radical (unpaired) electrons. The lowest BCUT2D eigenvalue weighted by Crippen LogP contribution is -2.01. The molecule has 3 N–H and O–H groups in total. The molecular weight excluding hydrogens is 252 g/mol. The van der Waals surface area contributed by atoms with Crippen LogP contribution >= 0.6 is 0 Å². The normalized spacial score (nSPS) is 14.8. The van der Waals surface area contributed by atoms with Gasteiger partial charge in [0.05, 0.1) is 11.9 Å². The van der Waals surface area contributed by atoms with E-state index in [-0.39, 0.29) is 12.2 Å². The highest BCUT2D eigenvalue weighted by atomic mass is 16.3. The van der Waals surface area contributed by atoms with Crippen LogP contribution < -0.4 is 0 Å². The Balaban J connectivity index is 2.01. The maximum atomic E-state index is 9.99. The van der Waals surface area contributed by atoms with E-state index >= 15 is 0 Å². The monoisotopic (exact) mass is 270 g/mol. The van der Waals surface area contributed by atoms with E-state index in [2.05, 4.69) is 0 Å². The molecule has 0 aliphatic heterocycles. The van der Waals surface area contributed by atoms with Gasteiger partial charge < -0.3 is 15.3 Å². The van der Waals surface area contributed by atoms with Gasteiger partial charge in [0.25, 0.3) is 0 Å². The molecule has 2 unspecified atom stereocenters. The predicted molar refractivity (Wildman–Crippen MR) is 78.1 cm³/mol. The van der Waals surface area contributed by atoms with Gasteiger partial charge >= 0.3 is 0 Å². The van der Waals surface area contributed by atoms with Crippen LogP contribution in [0.3, 0.4) is 0 Å². The van der Waals surface area contributed by atoms with Crippen molar-refractivity contribution in [2.45, 2.75) is 18.6 Å². The Labute approximate surface area is 118 Å². The van der Waals surface area contributed by atoms with Gasteiger partial charge in [0, 0.05) is 6.42 Å². The van der Waals surface area contributed by atoms with Gasteiger partial charge in [0.2, 0.25) is 0 Å². The van der Waals surface area contributed by atoms with E-state index in [0.717, 1.165) is 5.56 Å². The number of aliphatic hydroxyl groups excluding tert-OH is 3. The predicted octanol–water partition coefficient (Wildman–Crippen LogP) is 3.29. The molecule has 2 aromatic carbocycles. The summed E-state index contributed by atoms with van der Waals surface area (Å²) in [6, 6.07) is 18.2. The highest BCUT2D eigenvalue weighted by Gasteiger charge is 2.11. The maximum absolute atomic E-state index is 9.99. The quantitative estimate of drug-likeness (QED) is 0.731. The Morgan fingerprint density at radius 1 is 0.850 bits per heavy atom. The van der Waals surface area contributed by atoms with Gasteiger partial charge in [-0.05, 0) is 17.2 Å². The lowest BCUT2D eigenvalue weighted by atomic mass is 10.0. The van der Waals surface area contributed by atoms with Gasteiger partial charge in [0.1, 0.15) is 6.10 Å². The number of hydrogen-bond acceptors (Lipinski definition) is 3. The first-order valence-corrected chi connectivity index (χ1v) is 6.52. The van der Waals surface area contributed by atoms with Crippen molar-refractivity contribution >= 4 is 0 Å². The fraction of sp³-hybridized carbons (Fsp3) is 0.176. The molecule has 2 aromatic rings. The molecule has 0 bridgehead atoms. The summed E-state index contributed by atoms with van der Waals surface area (Å²) >= 11 is 0. The van der Waals surface area contributed by atoms with Crippen molar-refractivity contribution in [1.29, 1.82) is 0 Å². The van der Waals surface area contributed by atoms with E-state index in [9.17, 15) is 15.3 Å². The van der Waals surface area contributed by atoms with Crippen molar-refractivity contribution in [2.24, 2.45) is 0 Å². The molecule has 104 valence electrons. The third kappa shape index (κ3) is 3.95. The Bertz CT molecular complexity index is 549. The number of rotatable bonds is 5. The Kier molecular flexibility index (Phi) is 4.93. The molecule has 0 amide bonds. The average molecular weight is 270 g/mol. The van der Waals surface area contributed by atoms with Crippen LogP contribution in [0.25, 0.3) is 0 Å². The lowest BCUT2D eigenvalue weighted by molar-refractivity contribution is 0.157. The Morgan fingerprint density at radius 2 is 1.35 bits per heavy atom. The maximum Gasteiger partial charge on any atom is 0.101 e. The first kappa shape index (κ1) is 14.3. The van der Waals surface area contributed by atoms with Crippen molar-refractivity contribution in [3.8, 4) is 0 Å². The number of aliphatic hydroxyl groups is 3. The zero-order chi connectivity index (χ0) is 14.4. The summed E-state index contributed by atoms with van der Waals surface area (Å²) in [5.74, 6) is -0.0299. The van der Waals surface area contributed by atoms with Crippen LogP contribution in [0, 0.1) is 0 Å². The summed E-state index contributed by atoms with van der Waals surface area (Å²) in [7, 11) is 0. The molecule has 0 spiro atoms. The van der Waals surface area contributed by atoms with Crippen molar-refractivity contribution in [3.63, 3.8) is 0 Å². The second-order valence-corrected chi connectivity index (χ2v) is 4.64. The van der Waals surface area contributed by atoms with Crippen LogP contribution in [0.1, 0.15) is 29.8 Å². The molecule has 0 aliphatic carbocycles. The second-order valence-electron chi connectivity index (χ2n) is 4.64. The molecular formula is C17H18O3. The van der Waals surface area contributed by atoms with Gasteiger partial charge in [0.15, 0.2) is 0 Å². The minimum absolute atomic E-state index is 0.0299. The van der Waals surface area contributed by atoms with Crippen molar-refractivity contribution in [3.05, 3.63) is 83.6 Å². The summed E-state index contributed by atoms with van der Waals surface area (Å²) < 4.78 is 0. The van der Waals surface area contributed by atoms with Crippen molar-refractivity contribution < 1.29 is 15.3 Å². The van der Waals surface area contributed by atoms with Crippen LogP contribution in [-0.4, -0.2) is 15.3 Å². The van der Waals surface area contributed by atoms with Gasteiger partial charge in [-0.1, -0.05) is 60.7 Å². The standard InChI is InChI=1S/C17H18O3/c18-15(11-16(19)13-7-3-1-4-8-13)12-17(20)14-9-5-2-6-10-14/h1-11,16-20H,12H2/b15-11-. The molecule has 0 saturated carbocycles. The minimum atomic E-state index is -0.876. The van der Waals surface area contributed by atoms with E-state index < -0.39 is 12.2 Å². The summed E-state index contributed by atoms with van der Waals surface area (Å²) in [5.41, 5.74) is 1.44. The first-order chi connectivity index (χ1) is 9.66. The molecule has 3 heteroatoms. The first-order valence-electron chi connectivity index (χ1n) is 6.52. The summed E-state index contributed by atoms with van der Waals surface area (Å²) in [5, 5.41) is 29.8. The van der Waals surface area contributed by atoms with Crippen molar-refractivity contribution in [1.82, 2.24) is 0 Å². The van der Waals surface area contributed by atoms with Crippen LogP contribution in [0.2, 0.25) is 0 Å². The molecule has 0 heterocycles. The van der Waals surface area contributed by atoms with Crippen LogP contribution in [0.4, 0.5) is 0 Å². The van der Waals surface area contributed by atoms with Crippen LogP contribution in [-0.2, 0) is 0 Å². The number of benzene rings is 2. The van der Waals surface area contributed by atoms with Gasteiger partial charge in [-0.3, -0.25) is 0 Å². The molecule has 2 rings (SSSR count). The third-order valence-electron chi connectivity index (χ3n) is 3.08. The van der Waals surface area contributed by atoms with Crippen LogP contribution in [0.15, 0.2) is 72.5 Å². The fourth-order valence-corrected chi connectivity index (χ4v) is 1.99. The molecule has 20 heavy (non-hydrogen) atoms. The van der Waals surface area contributed by atoms with E-state index in [1.54, 1.807) is 24.3 Å². The van der Waals surface area contributed by atoms with E-state index in [1.165, 1.54) is 6.08 Å². The third-order valence-corrected chi connectivity index (χ3v) is 3.08. The molecule has 3 nitrogen and oxygen atoms in total. The second kappa shape index (κ2) is 6.89. The summed E-state index contributed by atoms with van der Waals surface area (Å²) in [4.78, 5) is 0. The molecule has 0 fully saturated rings. The Morgan fingerprint density at radius 3 is 1.90 bits per heavy atom. The molecule has 0 aliphatic rings. The van der Waals surface area contributed by atoms with E-state index in [0.29, 0.717) is 5.56 Å². The van der Waals surface area contributed by atoms with E-state index in [4.69, 9.17) is 0 Å². The Hall–Kier alpha value is -2.10. The van der Waals surface area contributed by atoms with Gasteiger partial charge in [-0.25, -0.2) is 0 Å². The minimum Gasteiger partial charge on any atom is -0.512 e. The fourth-order valence-electron chi connectivity index (χ4n) is 1.99. The smallest absolute Gasteiger partial charge is 0.101 e.